The monoisotopic (exact) mass is 389 g/mol. The number of hydrogen-bond acceptors (Lipinski definition) is 4. The zero-order valence-electron chi connectivity index (χ0n) is 16.0. The van der Waals surface area contributed by atoms with Crippen molar-refractivity contribution in [2.75, 3.05) is 41.8 Å². The number of nitrogens with zero attached hydrogens (tertiary/aromatic N) is 1. The zero-order valence-corrected chi connectivity index (χ0v) is 16.0. The van der Waals surface area contributed by atoms with E-state index in [2.05, 4.69) is 15.5 Å². The van der Waals surface area contributed by atoms with Gasteiger partial charge in [-0.3, -0.25) is 0 Å². The van der Waals surface area contributed by atoms with E-state index in [9.17, 15) is 4.79 Å². The summed E-state index contributed by atoms with van der Waals surface area (Å²) in [7, 11) is 0. The van der Waals surface area contributed by atoms with Crippen molar-refractivity contribution >= 4 is 23.1 Å². The lowest BCUT2D eigenvalue weighted by Gasteiger charge is -2.28. The summed E-state index contributed by atoms with van der Waals surface area (Å²) in [6.45, 7) is 3.27. The van der Waals surface area contributed by atoms with Crippen molar-refractivity contribution in [2.24, 2.45) is 0 Å². The molecule has 0 atom stereocenters. The van der Waals surface area contributed by atoms with Crippen LogP contribution in [-0.2, 0) is 4.74 Å². The van der Waals surface area contributed by atoms with E-state index in [-0.39, 0.29) is 6.03 Å². The topological polar surface area (TPSA) is 62.8 Å². The van der Waals surface area contributed by atoms with E-state index in [0.717, 1.165) is 43.4 Å². The van der Waals surface area contributed by atoms with Crippen LogP contribution in [0.5, 0.6) is 11.5 Å². The molecular weight excluding hydrogens is 366 g/mol. The number of nitrogens with one attached hydrogen (secondary N) is 2. The molecule has 1 saturated heterocycles. The van der Waals surface area contributed by atoms with Crippen molar-refractivity contribution in [3.63, 3.8) is 0 Å². The Balaban J connectivity index is 1.30. The molecule has 3 aromatic rings. The second-order valence-corrected chi connectivity index (χ2v) is 6.66. The maximum Gasteiger partial charge on any atom is 0.323 e. The number of rotatable bonds is 5. The number of carbonyl (C=O) groups is 1. The second-order valence-electron chi connectivity index (χ2n) is 6.66. The van der Waals surface area contributed by atoms with Gasteiger partial charge in [0.05, 0.1) is 13.2 Å². The van der Waals surface area contributed by atoms with Gasteiger partial charge in [-0.15, -0.1) is 0 Å². The Bertz CT molecular complexity index is 922. The van der Waals surface area contributed by atoms with E-state index in [0.29, 0.717) is 11.4 Å². The summed E-state index contributed by atoms with van der Waals surface area (Å²) in [5, 5.41) is 5.68. The van der Waals surface area contributed by atoms with Crippen LogP contribution >= 0.6 is 0 Å². The number of urea groups is 1. The molecule has 1 fully saturated rings. The van der Waals surface area contributed by atoms with Gasteiger partial charge >= 0.3 is 6.03 Å². The molecule has 0 saturated carbocycles. The molecule has 0 unspecified atom stereocenters. The molecule has 1 aliphatic heterocycles. The van der Waals surface area contributed by atoms with E-state index >= 15 is 0 Å². The number of para-hydroxylation sites is 1. The number of benzene rings is 3. The third-order valence-corrected chi connectivity index (χ3v) is 4.59. The van der Waals surface area contributed by atoms with Crippen LogP contribution in [0.15, 0.2) is 78.9 Å². The first-order valence-electron chi connectivity index (χ1n) is 9.60. The molecule has 2 amide bonds. The molecule has 4 rings (SSSR count). The SMILES string of the molecule is O=C(Nc1ccc(Oc2ccccc2)cc1)Nc1ccc(N2CCOCC2)cc1. The van der Waals surface area contributed by atoms with Gasteiger partial charge in [0.15, 0.2) is 0 Å². The predicted molar refractivity (Wildman–Crippen MR) is 115 cm³/mol. The quantitative estimate of drug-likeness (QED) is 0.647. The van der Waals surface area contributed by atoms with E-state index in [4.69, 9.17) is 9.47 Å². The first-order valence-corrected chi connectivity index (χ1v) is 9.60. The summed E-state index contributed by atoms with van der Waals surface area (Å²) in [5.41, 5.74) is 2.56. The Labute approximate surface area is 170 Å². The third kappa shape index (κ3) is 5.27. The normalized spacial score (nSPS) is 13.6. The molecule has 6 heteroatoms. The number of anilines is 3. The van der Waals surface area contributed by atoms with Gasteiger partial charge in [-0.25, -0.2) is 4.79 Å². The molecular formula is C23H23N3O3. The van der Waals surface area contributed by atoms with Gasteiger partial charge in [0, 0.05) is 30.2 Å². The Morgan fingerprint density at radius 1 is 0.759 bits per heavy atom. The molecule has 2 N–H and O–H groups in total. The summed E-state index contributed by atoms with van der Waals surface area (Å²) < 4.78 is 11.1. The largest absolute Gasteiger partial charge is 0.457 e. The van der Waals surface area contributed by atoms with Crippen LogP contribution in [0, 0.1) is 0 Å². The smallest absolute Gasteiger partial charge is 0.323 e. The minimum Gasteiger partial charge on any atom is -0.457 e. The Morgan fingerprint density at radius 2 is 1.31 bits per heavy atom. The van der Waals surface area contributed by atoms with Crippen LogP contribution < -0.4 is 20.3 Å². The van der Waals surface area contributed by atoms with Crippen molar-refractivity contribution in [1.29, 1.82) is 0 Å². The van der Waals surface area contributed by atoms with E-state index < -0.39 is 0 Å². The van der Waals surface area contributed by atoms with E-state index in [1.165, 1.54) is 0 Å². The molecule has 29 heavy (non-hydrogen) atoms. The van der Waals surface area contributed by atoms with E-state index in [1.807, 2.05) is 66.7 Å². The highest BCUT2D eigenvalue weighted by molar-refractivity contribution is 5.99. The molecule has 6 nitrogen and oxygen atoms in total. The summed E-state index contributed by atoms with van der Waals surface area (Å²) >= 11 is 0. The van der Waals surface area contributed by atoms with Crippen LogP contribution in [0.4, 0.5) is 21.9 Å². The fraction of sp³-hybridized carbons (Fsp3) is 0.174. The zero-order chi connectivity index (χ0) is 19.9. The summed E-state index contributed by atoms with van der Waals surface area (Å²) in [6.07, 6.45) is 0. The number of carbonyl (C=O) groups excluding carboxylic acids is 1. The van der Waals surface area contributed by atoms with Crippen molar-refractivity contribution in [3.05, 3.63) is 78.9 Å². The number of ether oxygens (including phenoxy) is 2. The number of morpholine rings is 1. The highest BCUT2D eigenvalue weighted by Gasteiger charge is 2.11. The summed E-state index contributed by atoms with van der Waals surface area (Å²) in [6, 6.07) is 24.4. The number of hydrogen-bond donors (Lipinski definition) is 2. The van der Waals surface area contributed by atoms with Crippen LogP contribution in [-0.4, -0.2) is 32.3 Å². The Morgan fingerprint density at radius 3 is 1.93 bits per heavy atom. The fourth-order valence-corrected chi connectivity index (χ4v) is 3.10. The molecule has 3 aromatic carbocycles. The van der Waals surface area contributed by atoms with Crippen LogP contribution in [0.3, 0.4) is 0 Å². The average Bonchev–Trinajstić information content (AvgIpc) is 2.77. The van der Waals surface area contributed by atoms with Gasteiger partial charge < -0.3 is 25.0 Å². The number of amides is 2. The average molecular weight is 389 g/mol. The Kier molecular flexibility index (Phi) is 5.92. The minimum absolute atomic E-state index is 0.291. The van der Waals surface area contributed by atoms with Gasteiger partial charge in [-0.1, -0.05) is 18.2 Å². The molecule has 0 bridgehead atoms. The standard InChI is InChI=1S/C23H23N3O3/c27-23(24-18-6-10-20(11-7-18)26-14-16-28-17-15-26)25-19-8-12-22(13-9-19)29-21-4-2-1-3-5-21/h1-13H,14-17H2,(H2,24,25,27). The molecule has 1 aliphatic rings. The lowest BCUT2D eigenvalue weighted by molar-refractivity contribution is 0.122. The summed E-state index contributed by atoms with van der Waals surface area (Å²) in [4.78, 5) is 14.5. The molecule has 0 aliphatic carbocycles. The predicted octanol–water partition coefficient (Wildman–Crippen LogP) is 4.96. The lowest BCUT2D eigenvalue weighted by Crippen LogP contribution is -2.36. The van der Waals surface area contributed by atoms with Crippen molar-refractivity contribution < 1.29 is 14.3 Å². The lowest BCUT2D eigenvalue weighted by atomic mass is 10.2. The Hall–Kier alpha value is -3.51. The van der Waals surface area contributed by atoms with E-state index in [1.54, 1.807) is 12.1 Å². The van der Waals surface area contributed by atoms with Crippen LogP contribution in [0.2, 0.25) is 0 Å². The molecule has 0 radical (unpaired) electrons. The van der Waals surface area contributed by atoms with Gasteiger partial charge in [-0.05, 0) is 60.7 Å². The highest BCUT2D eigenvalue weighted by atomic mass is 16.5. The van der Waals surface area contributed by atoms with Gasteiger partial charge in [0.1, 0.15) is 11.5 Å². The summed E-state index contributed by atoms with van der Waals surface area (Å²) in [5.74, 6) is 1.48. The molecule has 148 valence electrons. The van der Waals surface area contributed by atoms with Gasteiger partial charge in [0.25, 0.3) is 0 Å². The molecule has 0 spiro atoms. The van der Waals surface area contributed by atoms with Crippen molar-refractivity contribution in [3.8, 4) is 11.5 Å². The fourth-order valence-electron chi connectivity index (χ4n) is 3.10. The maximum absolute atomic E-state index is 12.3. The van der Waals surface area contributed by atoms with Crippen LogP contribution in [0.25, 0.3) is 0 Å². The first-order chi connectivity index (χ1) is 14.3. The van der Waals surface area contributed by atoms with Crippen LogP contribution in [0.1, 0.15) is 0 Å². The van der Waals surface area contributed by atoms with Crippen molar-refractivity contribution in [2.45, 2.75) is 0 Å². The third-order valence-electron chi connectivity index (χ3n) is 4.59. The molecule has 0 aromatic heterocycles. The maximum atomic E-state index is 12.3. The second kappa shape index (κ2) is 9.12. The molecule has 1 heterocycles. The van der Waals surface area contributed by atoms with Crippen molar-refractivity contribution in [1.82, 2.24) is 0 Å². The van der Waals surface area contributed by atoms with Gasteiger partial charge in [0.2, 0.25) is 0 Å². The van der Waals surface area contributed by atoms with Gasteiger partial charge in [-0.2, -0.15) is 0 Å². The minimum atomic E-state index is -0.291. The first kappa shape index (κ1) is 18.8. The highest BCUT2D eigenvalue weighted by Crippen LogP contribution is 2.23.